The number of nitrogens with zero attached hydrogens (tertiary/aromatic N) is 2. The number of rotatable bonds is 6. The molecule has 8 nitrogen and oxygen atoms in total. The predicted octanol–water partition coefficient (Wildman–Crippen LogP) is 5.14. The van der Waals surface area contributed by atoms with Gasteiger partial charge in [0.2, 0.25) is 0 Å². The first-order valence-corrected chi connectivity index (χ1v) is 13.4. The molecule has 2 aliphatic heterocycles. The molecule has 3 aromatic carbocycles. The Morgan fingerprint density at radius 2 is 1.38 bits per heavy atom. The van der Waals surface area contributed by atoms with Crippen molar-refractivity contribution in [1.29, 1.82) is 0 Å². The van der Waals surface area contributed by atoms with E-state index in [2.05, 4.69) is 0 Å². The normalized spacial score (nSPS) is 14.8. The van der Waals surface area contributed by atoms with E-state index in [1.807, 2.05) is 0 Å². The molecular weight excluding hydrogens is 545 g/mol. The Morgan fingerprint density at radius 1 is 0.786 bits per heavy atom. The standard InChI is InChI=1S/C31H25BF2N2O6/c1-4-41-30(38)27-22-12-8-6-10-20(22)25-24(18-14-16-19(17-15-18)29(37)40-3)26-21-11-7-9-13-23(21)28(31(39)42-5-2)36(26)32(33,34)35(25)27/h6-17H,4-5H2,1-3H3. The van der Waals surface area contributed by atoms with Crippen molar-refractivity contribution < 1.29 is 41.7 Å². The molecule has 0 saturated carbocycles. The quantitative estimate of drug-likeness (QED) is 0.182. The van der Waals surface area contributed by atoms with Crippen LogP contribution in [0.1, 0.15) is 57.1 Å². The number of carbonyl (C=O) groups excluding carboxylic acids is 3. The molecule has 0 unspecified atom stereocenters. The van der Waals surface area contributed by atoms with E-state index in [9.17, 15) is 14.4 Å². The molecule has 3 heterocycles. The molecule has 0 N–H and O–H groups in total. The lowest BCUT2D eigenvalue weighted by molar-refractivity contribution is -0.319. The summed E-state index contributed by atoms with van der Waals surface area (Å²) in [5.41, 5.74) is 1.32. The monoisotopic (exact) mass is 570 g/mol. The van der Waals surface area contributed by atoms with Gasteiger partial charge in [0.25, 0.3) is 5.71 Å². The van der Waals surface area contributed by atoms with Gasteiger partial charge >= 0.3 is 24.9 Å². The number of hydrogen-bond acceptors (Lipinski definition) is 6. The maximum atomic E-state index is 17.2. The van der Waals surface area contributed by atoms with Crippen LogP contribution in [0.25, 0.3) is 22.0 Å². The van der Waals surface area contributed by atoms with Crippen molar-refractivity contribution in [2.75, 3.05) is 20.3 Å². The van der Waals surface area contributed by atoms with Crippen LogP contribution < -0.4 is 0 Å². The van der Waals surface area contributed by atoms with Crippen LogP contribution in [-0.2, 0) is 19.0 Å². The third-order valence-electron chi connectivity index (χ3n) is 7.47. The second-order valence-corrected chi connectivity index (χ2v) is 9.70. The summed E-state index contributed by atoms with van der Waals surface area (Å²) >= 11 is 0. The summed E-state index contributed by atoms with van der Waals surface area (Å²) in [7, 11) is 1.27. The molecule has 0 bridgehead atoms. The molecule has 0 saturated heterocycles. The van der Waals surface area contributed by atoms with E-state index >= 15 is 8.63 Å². The van der Waals surface area contributed by atoms with E-state index in [0.717, 1.165) is 0 Å². The molecule has 0 amide bonds. The molecule has 0 atom stereocenters. The van der Waals surface area contributed by atoms with Gasteiger partial charge in [0.1, 0.15) is 5.69 Å². The minimum Gasteiger partial charge on any atom is -0.465 e. The number of benzene rings is 3. The Morgan fingerprint density at radius 3 is 2.02 bits per heavy atom. The van der Waals surface area contributed by atoms with Crippen molar-refractivity contribution in [1.82, 2.24) is 4.48 Å². The number of aromatic nitrogens is 1. The van der Waals surface area contributed by atoms with Gasteiger partial charge in [-0.1, -0.05) is 48.5 Å². The lowest BCUT2D eigenvalue weighted by Crippen LogP contribution is -2.52. The molecule has 0 aliphatic carbocycles. The number of hydrogen-bond donors (Lipinski definition) is 0. The molecule has 42 heavy (non-hydrogen) atoms. The minimum absolute atomic E-state index is 0.0233. The fourth-order valence-corrected chi connectivity index (χ4v) is 5.87. The highest BCUT2D eigenvalue weighted by Crippen LogP contribution is 2.49. The van der Waals surface area contributed by atoms with Gasteiger partial charge in [-0.05, 0) is 43.7 Å². The zero-order chi connectivity index (χ0) is 29.8. The van der Waals surface area contributed by atoms with E-state index < -0.39 is 24.9 Å². The first-order chi connectivity index (χ1) is 20.3. The van der Waals surface area contributed by atoms with E-state index in [1.54, 1.807) is 74.5 Å². The van der Waals surface area contributed by atoms with Gasteiger partial charge in [-0.3, -0.25) is 0 Å². The lowest BCUT2D eigenvalue weighted by Gasteiger charge is -2.33. The maximum Gasteiger partial charge on any atom is 0.738 e. The van der Waals surface area contributed by atoms with E-state index in [4.69, 9.17) is 14.2 Å². The Balaban J connectivity index is 1.82. The Bertz CT molecular complexity index is 1870. The number of fused-ring (bicyclic) bond motifs is 6. The van der Waals surface area contributed by atoms with Crippen molar-refractivity contribution in [3.05, 3.63) is 106 Å². The first-order valence-electron chi connectivity index (χ1n) is 13.4. The van der Waals surface area contributed by atoms with Crippen LogP contribution in [0.3, 0.4) is 0 Å². The second-order valence-electron chi connectivity index (χ2n) is 9.70. The Hall–Kier alpha value is -5.06. The van der Waals surface area contributed by atoms with Gasteiger partial charge in [0.05, 0.1) is 42.6 Å². The molecule has 0 fully saturated rings. The summed E-state index contributed by atoms with van der Waals surface area (Å²) in [6, 6.07) is 19.6. The van der Waals surface area contributed by atoms with Crippen LogP contribution in [0, 0.1) is 0 Å². The SMILES string of the molecule is CCOC(=O)C1=[N+]2C(=C(c3ccc(C(=O)OC)cc3)c3c4ccccc4c(C(=O)OCC)n3[B-]2(F)F)c2ccccc21. The number of ether oxygens (including phenoxy) is 3. The maximum absolute atomic E-state index is 17.2. The zero-order valence-corrected chi connectivity index (χ0v) is 23.0. The van der Waals surface area contributed by atoms with Crippen molar-refractivity contribution in [2.45, 2.75) is 13.8 Å². The van der Waals surface area contributed by atoms with Gasteiger partial charge in [-0.15, -0.1) is 0 Å². The van der Waals surface area contributed by atoms with E-state index in [0.29, 0.717) is 31.1 Å². The zero-order valence-electron chi connectivity index (χ0n) is 23.0. The molecule has 0 spiro atoms. The third kappa shape index (κ3) is 3.80. The van der Waals surface area contributed by atoms with Crippen molar-refractivity contribution in [3.63, 3.8) is 0 Å². The molecule has 2 aliphatic rings. The number of methoxy groups -OCH3 is 1. The summed E-state index contributed by atoms with van der Waals surface area (Å²) in [5.74, 6) is -2.39. The van der Waals surface area contributed by atoms with Crippen molar-refractivity contribution in [3.8, 4) is 0 Å². The fourth-order valence-electron chi connectivity index (χ4n) is 5.87. The molecule has 1 aromatic heterocycles. The summed E-state index contributed by atoms with van der Waals surface area (Å²) in [5, 5.41) is 0.687. The highest BCUT2D eigenvalue weighted by molar-refractivity contribution is 6.63. The highest BCUT2D eigenvalue weighted by Gasteiger charge is 2.60. The van der Waals surface area contributed by atoms with Gasteiger partial charge < -0.3 is 31.8 Å². The molecule has 0 radical (unpaired) electrons. The Labute approximate surface area is 239 Å². The molecule has 4 aromatic rings. The van der Waals surface area contributed by atoms with Crippen LogP contribution in [0.2, 0.25) is 0 Å². The number of halogens is 2. The van der Waals surface area contributed by atoms with Crippen LogP contribution in [0.4, 0.5) is 8.63 Å². The Kier molecular flexibility index (Phi) is 6.52. The predicted molar refractivity (Wildman–Crippen MR) is 152 cm³/mol. The topological polar surface area (TPSA) is 86.8 Å². The van der Waals surface area contributed by atoms with Gasteiger partial charge in [0.15, 0.2) is 5.70 Å². The third-order valence-corrected chi connectivity index (χ3v) is 7.47. The van der Waals surface area contributed by atoms with Crippen LogP contribution in [0.15, 0.2) is 72.8 Å². The average molecular weight is 570 g/mol. The molecule has 6 rings (SSSR count). The van der Waals surface area contributed by atoms with E-state index in [-0.39, 0.29) is 52.5 Å². The van der Waals surface area contributed by atoms with Crippen LogP contribution in [0.5, 0.6) is 0 Å². The molecule has 11 heteroatoms. The molecular formula is C31H25BF2N2O6. The van der Waals surface area contributed by atoms with Gasteiger partial charge in [-0.2, -0.15) is 0 Å². The first kappa shape index (κ1) is 27.1. The summed E-state index contributed by atoms with van der Waals surface area (Å²) < 4.78 is 51.2. The van der Waals surface area contributed by atoms with E-state index in [1.165, 1.54) is 19.2 Å². The number of carbonyl (C=O) groups is 3. The summed E-state index contributed by atoms with van der Waals surface area (Å²) in [6.45, 7) is -1.70. The fraction of sp³-hybridized carbons (Fsp3) is 0.161. The smallest absolute Gasteiger partial charge is 0.465 e. The number of esters is 3. The average Bonchev–Trinajstić information content (AvgIpc) is 3.53. The summed E-state index contributed by atoms with van der Waals surface area (Å²) in [6.07, 6.45) is 0. The largest absolute Gasteiger partial charge is 0.738 e. The van der Waals surface area contributed by atoms with Crippen molar-refractivity contribution >= 4 is 52.6 Å². The highest BCUT2D eigenvalue weighted by atomic mass is 19.2. The van der Waals surface area contributed by atoms with Crippen molar-refractivity contribution in [2.24, 2.45) is 0 Å². The van der Waals surface area contributed by atoms with Crippen LogP contribution >= 0.6 is 0 Å². The second kappa shape index (κ2) is 10.1. The van der Waals surface area contributed by atoms with Gasteiger partial charge in [0, 0.05) is 16.5 Å². The molecule has 212 valence electrons. The lowest BCUT2D eigenvalue weighted by atomic mass is 9.84. The van der Waals surface area contributed by atoms with Crippen LogP contribution in [-0.4, -0.2) is 59.9 Å². The minimum atomic E-state index is -4.84. The van der Waals surface area contributed by atoms with Gasteiger partial charge in [-0.25, -0.2) is 14.4 Å². The summed E-state index contributed by atoms with van der Waals surface area (Å²) in [4.78, 5) is 38.9.